The molecule has 1 aliphatic heterocycles. The molecule has 0 spiro atoms. The van der Waals surface area contributed by atoms with Gasteiger partial charge in [-0.2, -0.15) is 5.10 Å². The first-order chi connectivity index (χ1) is 8.24. The zero-order valence-electron chi connectivity index (χ0n) is 10.5. The lowest BCUT2D eigenvalue weighted by Gasteiger charge is -2.21. The van der Waals surface area contributed by atoms with Gasteiger partial charge in [0.15, 0.2) is 0 Å². The van der Waals surface area contributed by atoms with Gasteiger partial charge in [0, 0.05) is 5.69 Å². The number of hydrogen-bond acceptors (Lipinski definition) is 2. The maximum atomic E-state index is 4.73. The summed E-state index contributed by atoms with van der Waals surface area (Å²) in [5.74, 6) is 0. The molecule has 0 aliphatic carbocycles. The van der Waals surface area contributed by atoms with Crippen molar-refractivity contribution in [2.45, 2.75) is 39.2 Å². The zero-order chi connectivity index (χ0) is 11.8. The first kappa shape index (κ1) is 10.8. The minimum absolute atomic E-state index is 0.448. The Kier molecular flexibility index (Phi) is 2.63. The molecule has 2 aromatic rings. The van der Waals surface area contributed by atoms with E-state index in [0.29, 0.717) is 6.04 Å². The summed E-state index contributed by atoms with van der Waals surface area (Å²) >= 11 is 0. The number of nitrogens with zero attached hydrogens (tertiary/aromatic N) is 2. The summed E-state index contributed by atoms with van der Waals surface area (Å²) in [6.45, 7) is 5.38. The van der Waals surface area contributed by atoms with Crippen LogP contribution in [-0.4, -0.2) is 16.2 Å². The maximum absolute atomic E-state index is 4.73. The van der Waals surface area contributed by atoms with Gasteiger partial charge in [0.05, 0.1) is 17.3 Å². The van der Waals surface area contributed by atoms with Gasteiger partial charge in [-0.1, -0.05) is 6.42 Å². The van der Waals surface area contributed by atoms with E-state index in [-0.39, 0.29) is 0 Å². The van der Waals surface area contributed by atoms with E-state index in [2.05, 4.69) is 41.9 Å². The molecule has 1 atom stereocenters. The molecule has 1 saturated heterocycles. The minimum atomic E-state index is 0.448. The van der Waals surface area contributed by atoms with Crippen molar-refractivity contribution in [1.82, 2.24) is 14.9 Å². The molecule has 3 rings (SSSR count). The molecule has 0 radical (unpaired) electrons. The van der Waals surface area contributed by atoms with Gasteiger partial charge in [0.25, 0.3) is 0 Å². The Morgan fingerprint density at radius 3 is 2.88 bits per heavy atom. The molecule has 90 valence electrons. The van der Waals surface area contributed by atoms with Crippen molar-refractivity contribution in [3.05, 3.63) is 35.2 Å². The summed E-state index contributed by atoms with van der Waals surface area (Å²) in [4.78, 5) is 0. The molecular weight excluding hydrogens is 210 g/mol. The van der Waals surface area contributed by atoms with Crippen LogP contribution in [0.3, 0.4) is 0 Å². The Balaban J connectivity index is 2.03. The van der Waals surface area contributed by atoms with Crippen LogP contribution in [0.15, 0.2) is 18.2 Å². The number of piperidine rings is 1. The highest BCUT2D eigenvalue weighted by atomic mass is 15.2. The number of aryl methyl sites for hydroxylation is 2. The molecule has 3 nitrogen and oxygen atoms in total. The summed E-state index contributed by atoms with van der Waals surface area (Å²) in [7, 11) is 0. The molecule has 17 heavy (non-hydrogen) atoms. The normalized spacial score (nSPS) is 20.9. The topological polar surface area (TPSA) is 29.3 Å². The summed E-state index contributed by atoms with van der Waals surface area (Å²) in [6, 6.07) is 7.05. The Bertz CT molecular complexity index is 536. The predicted molar refractivity (Wildman–Crippen MR) is 69.3 cm³/mol. The number of hydrogen-bond donors (Lipinski definition) is 1. The van der Waals surface area contributed by atoms with Crippen LogP contribution in [0.4, 0.5) is 0 Å². The van der Waals surface area contributed by atoms with Gasteiger partial charge >= 0.3 is 0 Å². The number of aromatic nitrogens is 2. The smallest absolute Gasteiger partial charge is 0.0804 e. The number of nitrogens with one attached hydrogen (secondary N) is 1. The fourth-order valence-corrected chi connectivity index (χ4v) is 2.74. The predicted octanol–water partition coefficient (Wildman–Crippen LogP) is 2.77. The quantitative estimate of drug-likeness (QED) is 0.814. The van der Waals surface area contributed by atoms with E-state index in [9.17, 15) is 0 Å². The molecule has 0 saturated carbocycles. The second kappa shape index (κ2) is 4.15. The van der Waals surface area contributed by atoms with E-state index in [4.69, 9.17) is 5.10 Å². The van der Waals surface area contributed by atoms with E-state index < -0.39 is 0 Å². The van der Waals surface area contributed by atoms with Crippen LogP contribution in [0, 0.1) is 13.8 Å². The SMILES string of the molecule is Cc1cc(C)n2nc(C3CCCCN3)cc2c1. The fraction of sp³-hybridized carbons (Fsp3) is 0.500. The van der Waals surface area contributed by atoms with Gasteiger partial charge < -0.3 is 5.32 Å². The summed E-state index contributed by atoms with van der Waals surface area (Å²) in [6.07, 6.45) is 3.81. The molecule has 0 bridgehead atoms. The molecule has 1 unspecified atom stereocenters. The van der Waals surface area contributed by atoms with E-state index in [1.165, 1.54) is 41.7 Å². The van der Waals surface area contributed by atoms with Crippen molar-refractivity contribution in [3.8, 4) is 0 Å². The summed E-state index contributed by atoms with van der Waals surface area (Å²) < 4.78 is 2.05. The van der Waals surface area contributed by atoms with Crippen LogP contribution < -0.4 is 5.32 Å². The first-order valence-corrected chi connectivity index (χ1v) is 6.44. The second-order valence-corrected chi connectivity index (χ2v) is 5.08. The zero-order valence-corrected chi connectivity index (χ0v) is 10.5. The maximum Gasteiger partial charge on any atom is 0.0804 e. The molecule has 1 N–H and O–H groups in total. The van der Waals surface area contributed by atoms with Gasteiger partial charge in [0.1, 0.15) is 0 Å². The first-order valence-electron chi connectivity index (χ1n) is 6.44. The second-order valence-electron chi connectivity index (χ2n) is 5.08. The third kappa shape index (κ3) is 1.95. The van der Waals surface area contributed by atoms with Crippen molar-refractivity contribution >= 4 is 5.52 Å². The molecule has 1 aliphatic rings. The van der Waals surface area contributed by atoms with Gasteiger partial charge in [-0.05, 0) is 57.0 Å². The van der Waals surface area contributed by atoms with Gasteiger partial charge in [-0.15, -0.1) is 0 Å². The van der Waals surface area contributed by atoms with Crippen LogP contribution in [0.2, 0.25) is 0 Å². The van der Waals surface area contributed by atoms with E-state index >= 15 is 0 Å². The van der Waals surface area contributed by atoms with Crippen molar-refractivity contribution < 1.29 is 0 Å². The minimum Gasteiger partial charge on any atom is -0.309 e. The van der Waals surface area contributed by atoms with Gasteiger partial charge in [-0.3, -0.25) is 0 Å². The molecule has 1 fully saturated rings. The van der Waals surface area contributed by atoms with Crippen molar-refractivity contribution in [3.63, 3.8) is 0 Å². The van der Waals surface area contributed by atoms with Crippen LogP contribution in [0.1, 0.15) is 42.3 Å². The fourth-order valence-electron chi connectivity index (χ4n) is 2.74. The lowest BCUT2D eigenvalue weighted by molar-refractivity contribution is 0.404. The third-order valence-corrected chi connectivity index (χ3v) is 3.57. The van der Waals surface area contributed by atoms with Crippen molar-refractivity contribution in [2.24, 2.45) is 0 Å². The number of fused-ring (bicyclic) bond motifs is 1. The monoisotopic (exact) mass is 229 g/mol. The Labute approximate surface area is 102 Å². The molecule has 0 aromatic carbocycles. The highest BCUT2D eigenvalue weighted by Gasteiger charge is 2.17. The average molecular weight is 229 g/mol. The Hall–Kier alpha value is -1.35. The van der Waals surface area contributed by atoms with Crippen LogP contribution in [0.25, 0.3) is 5.52 Å². The van der Waals surface area contributed by atoms with E-state index in [1.807, 2.05) is 0 Å². The average Bonchev–Trinajstić information content (AvgIpc) is 2.74. The lowest BCUT2D eigenvalue weighted by Crippen LogP contribution is -2.27. The van der Waals surface area contributed by atoms with Crippen molar-refractivity contribution in [2.75, 3.05) is 6.54 Å². The Morgan fingerprint density at radius 1 is 1.24 bits per heavy atom. The molecular formula is C14H19N3. The number of rotatable bonds is 1. The molecule has 3 heteroatoms. The van der Waals surface area contributed by atoms with Crippen LogP contribution >= 0.6 is 0 Å². The van der Waals surface area contributed by atoms with E-state index in [0.717, 1.165) is 6.54 Å². The van der Waals surface area contributed by atoms with E-state index in [1.54, 1.807) is 0 Å². The van der Waals surface area contributed by atoms with Crippen molar-refractivity contribution in [1.29, 1.82) is 0 Å². The Morgan fingerprint density at radius 2 is 2.12 bits per heavy atom. The van der Waals surface area contributed by atoms with Crippen LogP contribution in [-0.2, 0) is 0 Å². The molecule has 0 amide bonds. The summed E-state index contributed by atoms with van der Waals surface area (Å²) in [5, 5.41) is 8.29. The summed E-state index contributed by atoms with van der Waals surface area (Å²) in [5.41, 5.74) is 4.92. The standard InChI is InChI=1S/C14H19N3/c1-10-7-11(2)17-12(8-10)9-14(16-17)13-5-3-4-6-15-13/h7-9,13,15H,3-6H2,1-2H3. The van der Waals surface area contributed by atoms with Gasteiger partial charge in [-0.25, -0.2) is 4.52 Å². The highest BCUT2D eigenvalue weighted by Crippen LogP contribution is 2.23. The lowest BCUT2D eigenvalue weighted by atomic mass is 10.0. The molecule has 3 heterocycles. The largest absolute Gasteiger partial charge is 0.309 e. The number of pyridine rings is 1. The van der Waals surface area contributed by atoms with Gasteiger partial charge in [0.2, 0.25) is 0 Å². The highest BCUT2D eigenvalue weighted by molar-refractivity contribution is 5.51. The van der Waals surface area contributed by atoms with Crippen LogP contribution in [0.5, 0.6) is 0 Å². The third-order valence-electron chi connectivity index (χ3n) is 3.57. The molecule has 2 aromatic heterocycles.